The van der Waals surface area contributed by atoms with Gasteiger partial charge in [-0.3, -0.25) is 4.98 Å². The molecule has 2 heterocycles. The molecule has 0 fully saturated rings. The number of aromatic nitrogens is 2. The molecular formula is C19H16N4O2. The van der Waals surface area contributed by atoms with Gasteiger partial charge in [-0.1, -0.05) is 12.1 Å². The van der Waals surface area contributed by atoms with Gasteiger partial charge in [0.2, 0.25) is 0 Å². The highest BCUT2D eigenvalue weighted by Gasteiger charge is 2.21. The molecule has 0 saturated carbocycles. The van der Waals surface area contributed by atoms with Gasteiger partial charge in [0.05, 0.1) is 24.1 Å². The van der Waals surface area contributed by atoms with Crippen molar-refractivity contribution in [3.63, 3.8) is 0 Å². The second-order valence-corrected chi connectivity index (χ2v) is 5.54. The van der Waals surface area contributed by atoms with Gasteiger partial charge in [0.15, 0.2) is 5.69 Å². The van der Waals surface area contributed by atoms with Crippen molar-refractivity contribution in [2.75, 3.05) is 12.8 Å². The largest absolute Gasteiger partial charge is 0.464 e. The molecule has 0 radical (unpaired) electrons. The maximum Gasteiger partial charge on any atom is 0.357 e. The Labute approximate surface area is 145 Å². The van der Waals surface area contributed by atoms with Crippen LogP contribution in [0.15, 0.2) is 48.8 Å². The molecule has 3 aromatic rings. The number of benzene rings is 1. The first kappa shape index (κ1) is 16.3. The van der Waals surface area contributed by atoms with E-state index in [0.29, 0.717) is 5.69 Å². The van der Waals surface area contributed by atoms with Crippen molar-refractivity contribution < 1.29 is 9.53 Å². The van der Waals surface area contributed by atoms with E-state index in [2.05, 4.69) is 4.98 Å². The Morgan fingerprint density at radius 2 is 2.00 bits per heavy atom. The number of carbonyl (C=O) groups excluding carboxylic acids is 1. The topological polar surface area (TPSA) is 93.9 Å². The lowest BCUT2D eigenvalue weighted by Crippen LogP contribution is -2.11. The first-order chi connectivity index (χ1) is 12.0. The maximum absolute atomic E-state index is 12.0. The van der Waals surface area contributed by atoms with Crippen molar-refractivity contribution in [2.45, 2.75) is 6.92 Å². The third-order valence-corrected chi connectivity index (χ3v) is 3.90. The average molecular weight is 332 g/mol. The normalized spacial score (nSPS) is 10.3. The Hall–Kier alpha value is -3.59. The molecule has 0 bridgehead atoms. The predicted molar refractivity (Wildman–Crippen MR) is 94.2 cm³/mol. The summed E-state index contributed by atoms with van der Waals surface area (Å²) in [6.07, 6.45) is 3.29. The van der Waals surface area contributed by atoms with Gasteiger partial charge in [-0.15, -0.1) is 0 Å². The number of ether oxygens (including phenoxy) is 1. The average Bonchev–Trinajstić information content (AvgIpc) is 2.97. The van der Waals surface area contributed by atoms with Crippen LogP contribution in [-0.4, -0.2) is 22.6 Å². The van der Waals surface area contributed by atoms with Crippen LogP contribution in [0.5, 0.6) is 0 Å². The van der Waals surface area contributed by atoms with Gasteiger partial charge < -0.3 is 15.0 Å². The van der Waals surface area contributed by atoms with Crippen molar-refractivity contribution in [3.05, 3.63) is 65.6 Å². The van der Waals surface area contributed by atoms with Gasteiger partial charge in [-0.05, 0) is 36.8 Å². The number of nitrogens with two attached hydrogens (primary N) is 1. The van der Waals surface area contributed by atoms with E-state index >= 15 is 0 Å². The number of aryl methyl sites for hydroxylation is 1. The van der Waals surface area contributed by atoms with Gasteiger partial charge in [0, 0.05) is 23.6 Å². The van der Waals surface area contributed by atoms with Crippen LogP contribution in [0.1, 0.15) is 21.6 Å². The van der Waals surface area contributed by atoms with Gasteiger partial charge in [0.1, 0.15) is 6.07 Å². The molecule has 2 N–H and O–H groups in total. The Morgan fingerprint density at radius 1 is 1.28 bits per heavy atom. The van der Waals surface area contributed by atoms with Crippen molar-refractivity contribution in [3.8, 4) is 23.0 Å². The number of nitrogen functional groups attached to an aromatic ring is 1. The first-order valence-corrected chi connectivity index (χ1v) is 7.58. The summed E-state index contributed by atoms with van der Waals surface area (Å²) in [4.78, 5) is 16.4. The number of esters is 1. The van der Waals surface area contributed by atoms with Crippen LogP contribution < -0.4 is 5.73 Å². The molecule has 3 rings (SSSR count). The van der Waals surface area contributed by atoms with Crippen molar-refractivity contribution in [1.29, 1.82) is 5.26 Å². The van der Waals surface area contributed by atoms with Crippen molar-refractivity contribution in [1.82, 2.24) is 9.55 Å². The molecular weight excluding hydrogens is 316 g/mol. The molecule has 6 nitrogen and oxygen atoms in total. The quantitative estimate of drug-likeness (QED) is 0.744. The van der Waals surface area contributed by atoms with Gasteiger partial charge in [0.25, 0.3) is 0 Å². The SMILES string of the molecule is COC(=O)c1c(N)c(C#N)cn1-c1ccc(-c2cc(C)ccn2)cc1. The fraction of sp³-hybridized carbons (Fsp3) is 0.105. The number of nitrogens with zero attached hydrogens (tertiary/aromatic N) is 3. The van der Waals surface area contributed by atoms with Crippen LogP contribution in [0.2, 0.25) is 0 Å². The zero-order valence-electron chi connectivity index (χ0n) is 13.9. The lowest BCUT2D eigenvalue weighted by molar-refractivity contribution is 0.0593. The third kappa shape index (κ3) is 2.95. The van der Waals surface area contributed by atoms with Crippen molar-refractivity contribution in [2.24, 2.45) is 0 Å². The molecule has 0 spiro atoms. The third-order valence-electron chi connectivity index (χ3n) is 3.90. The maximum atomic E-state index is 12.0. The van der Waals surface area contributed by atoms with E-state index in [0.717, 1.165) is 16.8 Å². The molecule has 1 aromatic carbocycles. The molecule has 0 saturated heterocycles. The van der Waals surface area contributed by atoms with E-state index in [1.165, 1.54) is 13.3 Å². The second-order valence-electron chi connectivity index (χ2n) is 5.54. The van der Waals surface area contributed by atoms with E-state index < -0.39 is 5.97 Å². The molecule has 0 aliphatic rings. The number of hydrogen-bond donors (Lipinski definition) is 1. The Balaban J connectivity index is 2.06. The van der Waals surface area contributed by atoms with E-state index in [9.17, 15) is 10.1 Å². The number of rotatable bonds is 3. The fourth-order valence-electron chi connectivity index (χ4n) is 2.61. The summed E-state index contributed by atoms with van der Waals surface area (Å²) >= 11 is 0. The van der Waals surface area contributed by atoms with Gasteiger partial charge >= 0.3 is 5.97 Å². The molecule has 0 aliphatic heterocycles. The summed E-state index contributed by atoms with van der Waals surface area (Å²) in [6, 6.07) is 13.4. The lowest BCUT2D eigenvalue weighted by atomic mass is 10.1. The van der Waals surface area contributed by atoms with Gasteiger partial charge in [-0.2, -0.15) is 5.26 Å². The Kier molecular flexibility index (Phi) is 4.23. The molecule has 2 aromatic heterocycles. The Morgan fingerprint density at radius 3 is 2.60 bits per heavy atom. The van der Waals surface area contributed by atoms with Crippen LogP contribution in [0.4, 0.5) is 5.69 Å². The van der Waals surface area contributed by atoms with Crippen LogP contribution in [0.3, 0.4) is 0 Å². The highest BCUT2D eigenvalue weighted by Crippen LogP contribution is 2.26. The number of carbonyl (C=O) groups is 1. The minimum absolute atomic E-state index is 0.110. The fourth-order valence-corrected chi connectivity index (χ4v) is 2.61. The number of nitriles is 1. The van der Waals surface area contributed by atoms with E-state index in [4.69, 9.17) is 10.5 Å². The number of anilines is 1. The zero-order valence-corrected chi connectivity index (χ0v) is 13.9. The molecule has 6 heteroatoms. The standard InChI is InChI=1S/C19H16N4O2/c1-12-7-8-22-16(9-12)13-3-5-15(6-4-13)23-11-14(10-20)17(21)18(23)19(24)25-2/h3-9,11H,21H2,1-2H3. The molecule has 0 atom stereocenters. The van der Waals surface area contributed by atoms with Crippen molar-refractivity contribution >= 4 is 11.7 Å². The molecule has 0 aliphatic carbocycles. The highest BCUT2D eigenvalue weighted by molar-refractivity contribution is 5.96. The monoisotopic (exact) mass is 332 g/mol. The smallest absolute Gasteiger partial charge is 0.357 e. The van der Waals surface area contributed by atoms with Crippen LogP contribution in [0, 0.1) is 18.3 Å². The summed E-state index contributed by atoms with van der Waals surface area (Å²) in [6.45, 7) is 2.01. The molecule has 124 valence electrons. The number of hydrogen-bond acceptors (Lipinski definition) is 5. The van der Waals surface area contributed by atoms with E-state index in [1.54, 1.807) is 10.8 Å². The minimum Gasteiger partial charge on any atom is -0.464 e. The number of methoxy groups -OCH3 is 1. The van der Waals surface area contributed by atoms with Gasteiger partial charge in [-0.25, -0.2) is 4.79 Å². The molecule has 0 unspecified atom stereocenters. The summed E-state index contributed by atoms with van der Waals surface area (Å²) in [7, 11) is 1.28. The summed E-state index contributed by atoms with van der Waals surface area (Å²) in [5.41, 5.74) is 10.0. The van der Waals surface area contributed by atoms with Crippen LogP contribution in [0.25, 0.3) is 16.9 Å². The lowest BCUT2D eigenvalue weighted by Gasteiger charge is -2.09. The summed E-state index contributed by atoms with van der Waals surface area (Å²) in [5.74, 6) is -0.594. The zero-order chi connectivity index (χ0) is 18.0. The second kappa shape index (κ2) is 6.49. The summed E-state index contributed by atoms with van der Waals surface area (Å²) in [5, 5.41) is 9.17. The summed E-state index contributed by atoms with van der Waals surface area (Å²) < 4.78 is 6.35. The minimum atomic E-state index is -0.594. The van der Waals surface area contributed by atoms with Crippen LogP contribution in [-0.2, 0) is 4.74 Å². The first-order valence-electron chi connectivity index (χ1n) is 7.58. The van der Waals surface area contributed by atoms with Crippen LogP contribution >= 0.6 is 0 Å². The van der Waals surface area contributed by atoms with E-state index in [-0.39, 0.29) is 16.9 Å². The highest BCUT2D eigenvalue weighted by atomic mass is 16.5. The molecule has 0 amide bonds. The predicted octanol–water partition coefficient (Wildman–Crippen LogP) is 3.09. The molecule has 25 heavy (non-hydrogen) atoms. The van der Waals surface area contributed by atoms with E-state index in [1.807, 2.05) is 49.4 Å². The Bertz CT molecular complexity index is 982. The number of pyridine rings is 1.